The summed E-state index contributed by atoms with van der Waals surface area (Å²) >= 11 is 6.28. The highest BCUT2D eigenvalue weighted by Gasteiger charge is 2.16. The molecule has 0 unspecified atom stereocenters. The maximum Gasteiger partial charge on any atom is 0.251 e. The minimum atomic E-state index is -0.219. The van der Waals surface area contributed by atoms with E-state index in [9.17, 15) is 4.79 Å². The molecule has 0 saturated carbocycles. The van der Waals surface area contributed by atoms with Crippen LogP contribution in [0.1, 0.15) is 34.8 Å². The van der Waals surface area contributed by atoms with Crippen LogP contribution < -0.4 is 19.5 Å². The second-order valence-corrected chi connectivity index (χ2v) is 6.57. The Morgan fingerprint density at radius 3 is 2.52 bits per heavy atom. The number of amides is 1. The topological polar surface area (TPSA) is 56.8 Å². The number of methoxy groups -OCH3 is 2. The molecule has 0 aliphatic rings. The molecule has 0 radical (unpaired) electrons. The van der Waals surface area contributed by atoms with Crippen LogP contribution in [0.5, 0.6) is 17.2 Å². The Labute approximate surface area is 165 Å². The van der Waals surface area contributed by atoms with E-state index in [1.807, 2.05) is 26.0 Å². The summed E-state index contributed by atoms with van der Waals surface area (Å²) in [5, 5.41) is 3.26. The Kier molecular flexibility index (Phi) is 7.80. The van der Waals surface area contributed by atoms with Gasteiger partial charge in [-0.25, -0.2) is 0 Å². The highest BCUT2D eigenvalue weighted by atomic mass is 35.5. The second kappa shape index (κ2) is 10.1. The molecule has 0 heterocycles. The van der Waals surface area contributed by atoms with Crippen molar-refractivity contribution >= 4 is 17.5 Å². The van der Waals surface area contributed by atoms with Crippen LogP contribution in [0.4, 0.5) is 0 Å². The fourth-order valence-corrected chi connectivity index (χ4v) is 2.98. The van der Waals surface area contributed by atoms with Gasteiger partial charge in [0.1, 0.15) is 5.75 Å². The van der Waals surface area contributed by atoms with Crippen LogP contribution in [-0.2, 0) is 6.42 Å². The van der Waals surface area contributed by atoms with Crippen LogP contribution >= 0.6 is 11.6 Å². The van der Waals surface area contributed by atoms with Gasteiger partial charge in [-0.2, -0.15) is 0 Å². The Morgan fingerprint density at radius 2 is 1.85 bits per heavy atom. The largest absolute Gasteiger partial charge is 0.496 e. The highest BCUT2D eigenvalue weighted by molar-refractivity contribution is 6.32. The third-order valence-electron chi connectivity index (χ3n) is 4.06. The van der Waals surface area contributed by atoms with Crippen molar-refractivity contribution < 1.29 is 19.0 Å². The van der Waals surface area contributed by atoms with Gasteiger partial charge in [0.2, 0.25) is 0 Å². The first-order valence-electron chi connectivity index (χ1n) is 8.92. The van der Waals surface area contributed by atoms with Gasteiger partial charge in [0.25, 0.3) is 5.91 Å². The molecule has 0 bridgehead atoms. The van der Waals surface area contributed by atoms with Crippen molar-refractivity contribution in [1.82, 2.24) is 5.32 Å². The van der Waals surface area contributed by atoms with E-state index in [1.54, 1.807) is 19.2 Å². The van der Waals surface area contributed by atoms with E-state index in [0.717, 1.165) is 23.3 Å². The number of hydrogen-bond donors (Lipinski definition) is 1. The van der Waals surface area contributed by atoms with Crippen molar-refractivity contribution in [2.75, 3.05) is 27.4 Å². The number of rotatable bonds is 9. The molecule has 2 aromatic carbocycles. The van der Waals surface area contributed by atoms with E-state index < -0.39 is 0 Å². The van der Waals surface area contributed by atoms with Crippen LogP contribution in [0.25, 0.3) is 0 Å². The zero-order valence-electron chi connectivity index (χ0n) is 16.2. The monoisotopic (exact) mass is 391 g/mol. The standard InChI is InChI=1S/C21H26ClNO4/c1-5-10-27-20-17(22)12-16(13-19(20)26-4)21(24)23-9-8-15-11-14(2)6-7-18(15)25-3/h6-7,11-13H,5,8-10H2,1-4H3,(H,23,24). The van der Waals surface area contributed by atoms with Crippen molar-refractivity contribution in [1.29, 1.82) is 0 Å². The predicted octanol–water partition coefficient (Wildman–Crippen LogP) is 4.43. The normalized spacial score (nSPS) is 10.4. The molecule has 1 N–H and O–H groups in total. The molecule has 0 aliphatic carbocycles. The van der Waals surface area contributed by atoms with Crippen LogP contribution in [0, 0.1) is 6.92 Å². The Morgan fingerprint density at radius 1 is 1.11 bits per heavy atom. The van der Waals surface area contributed by atoms with Gasteiger partial charge in [0.15, 0.2) is 11.5 Å². The molecule has 0 saturated heterocycles. The Bertz CT molecular complexity index is 792. The molecule has 2 aromatic rings. The Hall–Kier alpha value is -2.40. The highest BCUT2D eigenvalue weighted by Crippen LogP contribution is 2.36. The summed E-state index contributed by atoms with van der Waals surface area (Å²) in [6.07, 6.45) is 1.52. The third kappa shape index (κ3) is 5.54. The minimum absolute atomic E-state index is 0.219. The molecular weight excluding hydrogens is 366 g/mol. The summed E-state index contributed by atoms with van der Waals surface area (Å²) in [5.74, 6) is 1.50. The number of benzene rings is 2. The summed E-state index contributed by atoms with van der Waals surface area (Å²) in [6, 6.07) is 9.23. The fraction of sp³-hybridized carbons (Fsp3) is 0.381. The Balaban J connectivity index is 2.06. The lowest BCUT2D eigenvalue weighted by atomic mass is 10.1. The van der Waals surface area contributed by atoms with Gasteiger partial charge >= 0.3 is 0 Å². The molecule has 27 heavy (non-hydrogen) atoms. The predicted molar refractivity (Wildman–Crippen MR) is 108 cm³/mol. The van der Waals surface area contributed by atoms with Crippen LogP contribution in [0.3, 0.4) is 0 Å². The maximum absolute atomic E-state index is 12.5. The van der Waals surface area contributed by atoms with Crippen LogP contribution in [-0.4, -0.2) is 33.3 Å². The maximum atomic E-state index is 12.5. The number of nitrogens with one attached hydrogen (secondary N) is 1. The molecule has 5 nitrogen and oxygen atoms in total. The van der Waals surface area contributed by atoms with Gasteiger partial charge in [-0.3, -0.25) is 4.79 Å². The lowest BCUT2D eigenvalue weighted by molar-refractivity contribution is 0.0953. The molecule has 0 aromatic heterocycles. The van der Waals surface area contributed by atoms with E-state index in [1.165, 1.54) is 7.11 Å². The van der Waals surface area contributed by atoms with Crippen LogP contribution in [0.15, 0.2) is 30.3 Å². The van der Waals surface area contributed by atoms with Gasteiger partial charge in [-0.1, -0.05) is 36.2 Å². The number of halogens is 1. The molecule has 1 amide bonds. The lowest BCUT2D eigenvalue weighted by Crippen LogP contribution is -2.26. The average molecular weight is 392 g/mol. The molecule has 0 fully saturated rings. The zero-order valence-corrected chi connectivity index (χ0v) is 17.0. The van der Waals surface area contributed by atoms with Gasteiger partial charge in [0, 0.05) is 12.1 Å². The first kappa shape index (κ1) is 20.9. The van der Waals surface area contributed by atoms with E-state index >= 15 is 0 Å². The summed E-state index contributed by atoms with van der Waals surface area (Å²) < 4.78 is 16.3. The number of carbonyl (C=O) groups is 1. The summed E-state index contributed by atoms with van der Waals surface area (Å²) in [5.41, 5.74) is 2.63. The van der Waals surface area contributed by atoms with E-state index in [0.29, 0.717) is 41.7 Å². The van der Waals surface area contributed by atoms with Crippen LogP contribution in [0.2, 0.25) is 5.02 Å². The lowest BCUT2D eigenvalue weighted by Gasteiger charge is -2.14. The third-order valence-corrected chi connectivity index (χ3v) is 4.34. The smallest absolute Gasteiger partial charge is 0.251 e. The number of ether oxygens (including phenoxy) is 3. The van der Waals surface area contributed by atoms with E-state index in [4.69, 9.17) is 25.8 Å². The number of carbonyl (C=O) groups excluding carboxylic acids is 1. The second-order valence-electron chi connectivity index (χ2n) is 6.16. The van der Waals surface area contributed by atoms with Gasteiger partial charge in [0.05, 0.1) is 25.8 Å². The molecule has 6 heteroatoms. The first-order valence-corrected chi connectivity index (χ1v) is 9.30. The quantitative estimate of drug-likeness (QED) is 0.687. The van der Waals surface area contributed by atoms with Crippen molar-refractivity contribution in [2.45, 2.75) is 26.7 Å². The zero-order chi connectivity index (χ0) is 19.8. The molecular formula is C21H26ClNO4. The van der Waals surface area contributed by atoms with E-state index in [-0.39, 0.29) is 5.91 Å². The number of aryl methyl sites for hydroxylation is 1. The number of hydrogen-bond acceptors (Lipinski definition) is 4. The fourth-order valence-electron chi connectivity index (χ4n) is 2.71. The summed E-state index contributed by atoms with van der Waals surface area (Å²) in [6.45, 7) is 5.04. The first-order chi connectivity index (χ1) is 13.0. The molecule has 0 aliphatic heterocycles. The van der Waals surface area contributed by atoms with Crippen molar-refractivity contribution in [2.24, 2.45) is 0 Å². The average Bonchev–Trinajstić information content (AvgIpc) is 2.66. The van der Waals surface area contributed by atoms with Crippen molar-refractivity contribution in [3.63, 3.8) is 0 Å². The van der Waals surface area contributed by atoms with E-state index in [2.05, 4.69) is 11.4 Å². The van der Waals surface area contributed by atoms with Gasteiger partial charge < -0.3 is 19.5 Å². The summed E-state index contributed by atoms with van der Waals surface area (Å²) in [4.78, 5) is 12.5. The van der Waals surface area contributed by atoms with Gasteiger partial charge in [-0.05, 0) is 43.5 Å². The molecule has 0 spiro atoms. The van der Waals surface area contributed by atoms with Gasteiger partial charge in [-0.15, -0.1) is 0 Å². The van der Waals surface area contributed by atoms with Crippen molar-refractivity contribution in [3.8, 4) is 17.2 Å². The molecule has 146 valence electrons. The minimum Gasteiger partial charge on any atom is -0.496 e. The molecule has 0 atom stereocenters. The SMILES string of the molecule is CCCOc1c(Cl)cc(C(=O)NCCc2cc(C)ccc2OC)cc1OC. The summed E-state index contributed by atoms with van der Waals surface area (Å²) in [7, 11) is 3.17. The van der Waals surface area contributed by atoms with Crippen molar-refractivity contribution in [3.05, 3.63) is 52.0 Å². The molecule has 2 rings (SSSR count).